The van der Waals surface area contributed by atoms with Crippen LogP contribution in [0.25, 0.3) is 22.2 Å². The van der Waals surface area contributed by atoms with E-state index in [4.69, 9.17) is 0 Å². The highest BCUT2D eigenvalue weighted by Gasteiger charge is 2.14. The van der Waals surface area contributed by atoms with Crippen LogP contribution >= 0.6 is 0 Å². The quantitative estimate of drug-likeness (QED) is 0.575. The fourth-order valence-corrected chi connectivity index (χ4v) is 3.27. The third-order valence-corrected chi connectivity index (χ3v) is 4.65. The van der Waals surface area contributed by atoms with Gasteiger partial charge in [0, 0.05) is 29.6 Å². The van der Waals surface area contributed by atoms with Crippen LogP contribution in [0.5, 0.6) is 0 Å². The molecule has 28 heavy (non-hydrogen) atoms. The molecule has 2 N–H and O–H groups in total. The number of hydrogen-bond donors (Lipinski definition) is 2. The number of hydrogen-bond acceptors (Lipinski definition) is 4. The largest absolute Gasteiger partial charge is 0.346 e. The number of nitrogens with zero attached hydrogens (tertiary/aromatic N) is 3. The Hall–Kier alpha value is -3.74. The minimum atomic E-state index is -0.251. The second-order valence-corrected chi connectivity index (χ2v) is 6.61. The van der Waals surface area contributed by atoms with Gasteiger partial charge in [-0.3, -0.25) is 14.3 Å². The fourth-order valence-electron chi connectivity index (χ4n) is 3.27. The van der Waals surface area contributed by atoms with Crippen molar-refractivity contribution in [2.24, 2.45) is 7.05 Å². The van der Waals surface area contributed by atoms with Gasteiger partial charge < -0.3 is 10.3 Å². The molecular formula is C21H19N5O2. The average molecular weight is 373 g/mol. The second kappa shape index (κ2) is 7.11. The first-order valence-corrected chi connectivity index (χ1v) is 8.87. The lowest BCUT2D eigenvalue weighted by molar-refractivity contribution is 0.0950. The SMILES string of the molecule is Cc1cccc2c1c(-c1cccc(C(=O)NCc3cc(=O)[nH]cn3)c1)nn2C. The minimum Gasteiger partial charge on any atom is -0.346 e. The van der Waals surface area contributed by atoms with Gasteiger partial charge in [-0.1, -0.05) is 24.3 Å². The van der Waals surface area contributed by atoms with Crippen molar-refractivity contribution < 1.29 is 4.79 Å². The smallest absolute Gasteiger partial charge is 0.251 e. The number of nitrogens with one attached hydrogen (secondary N) is 2. The molecule has 7 heteroatoms. The number of benzene rings is 2. The molecule has 0 saturated carbocycles. The van der Waals surface area contributed by atoms with Gasteiger partial charge in [0.05, 0.1) is 24.1 Å². The number of H-pyrrole nitrogens is 1. The lowest BCUT2D eigenvalue weighted by Crippen LogP contribution is -2.24. The first-order chi connectivity index (χ1) is 13.5. The Kier molecular flexibility index (Phi) is 4.49. The van der Waals surface area contributed by atoms with Crippen molar-refractivity contribution in [1.82, 2.24) is 25.1 Å². The number of amides is 1. The number of aromatic nitrogens is 4. The molecule has 0 aliphatic rings. The summed E-state index contributed by atoms with van der Waals surface area (Å²) in [5.74, 6) is -0.235. The molecule has 0 radical (unpaired) electrons. The van der Waals surface area contributed by atoms with Crippen molar-refractivity contribution in [3.05, 3.63) is 82.0 Å². The average Bonchev–Trinajstić information content (AvgIpc) is 3.04. The molecule has 140 valence electrons. The summed E-state index contributed by atoms with van der Waals surface area (Å²) in [5.41, 5.74) is 4.68. The van der Waals surface area contributed by atoms with Crippen molar-refractivity contribution in [1.29, 1.82) is 0 Å². The molecule has 2 aromatic heterocycles. The molecule has 0 bridgehead atoms. The van der Waals surface area contributed by atoms with Crippen LogP contribution in [0.15, 0.2) is 59.7 Å². The van der Waals surface area contributed by atoms with E-state index in [1.807, 2.05) is 42.1 Å². The Morgan fingerprint density at radius 2 is 2.00 bits per heavy atom. The first-order valence-electron chi connectivity index (χ1n) is 8.87. The maximum absolute atomic E-state index is 12.6. The van der Waals surface area contributed by atoms with Gasteiger partial charge in [-0.05, 0) is 30.7 Å². The van der Waals surface area contributed by atoms with Crippen LogP contribution in [0.3, 0.4) is 0 Å². The lowest BCUT2D eigenvalue weighted by atomic mass is 10.0. The lowest BCUT2D eigenvalue weighted by Gasteiger charge is -2.06. The molecule has 0 aliphatic heterocycles. The van der Waals surface area contributed by atoms with E-state index in [0.717, 1.165) is 27.7 Å². The molecule has 4 rings (SSSR count). The maximum Gasteiger partial charge on any atom is 0.251 e. The van der Waals surface area contributed by atoms with Crippen molar-refractivity contribution >= 4 is 16.8 Å². The molecular weight excluding hydrogens is 354 g/mol. The monoisotopic (exact) mass is 373 g/mol. The van der Waals surface area contributed by atoms with Crippen molar-refractivity contribution in [3.8, 4) is 11.3 Å². The molecule has 0 unspecified atom stereocenters. The van der Waals surface area contributed by atoms with Gasteiger partial charge in [0.1, 0.15) is 5.69 Å². The first kappa shape index (κ1) is 17.7. The summed E-state index contributed by atoms with van der Waals surface area (Å²) in [6.45, 7) is 2.23. The molecule has 2 heterocycles. The molecule has 0 spiro atoms. The third kappa shape index (κ3) is 3.29. The van der Waals surface area contributed by atoms with Gasteiger partial charge in [0.15, 0.2) is 0 Å². The van der Waals surface area contributed by atoms with Crippen molar-refractivity contribution in [2.75, 3.05) is 0 Å². The summed E-state index contributed by atoms with van der Waals surface area (Å²) < 4.78 is 1.85. The van der Waals surface area contributed by atoms with Crippen LogP contribution < -0.4 is 10.9 Å². The Morgan fingerprint density at radius 1 is 1.18 bits per heavy atom. The van der Waals surface area contributed by atoms with Crippen LogP contribution in [-0.4, -0.2) is 25.7 Å². The van der Waals surface area contributed by atoms with Crippen LogP contribution in [-0.2, 0) is 13.6 Å². The van der Waals surface area contributed by atoms with E-state index in [-0.39, 0.29) is 18.0 Å². The standard InChI is InChI=1S/C21H19N5O2/c1-13-5-3-8-17-19(13)20(25-26(17)2)14-6-4-7-15(9-14)21(28)22-11-16-10-18(27)24-12-23-16/h3-10,12H,11H2,1-2H3,(H,22,28)(H,23,24,27). The molecule has 4 aromatic rings. The zero-order valence-corrected chi connectivity index (χ0v) is 15.6. The van der Waals surface area contributed by atoms with E-state index in [1.165, 1.54) is 12.4 Å². The molecule has 0 saturated heterocycles. The van der Waals surface area contributed by atoms with E-state index in [1.54, 1.807) is 6.07 Å². The Balaban J connectivity index is 1.63. The number of carbonyl (C=O) groups excluding carboxylic acids is 1. The van der Waals surface area contributed by atoms with Gasteiger partial charge in [-0.2, -0.15) is 5.10 Å². The van der Waals surface area contributed by atoms with E-state index in [2.05, 4.69) is 33.4 Å². The van der Waals surface area contributed by atoms with E-state index < -0.39 is 0 Å². The zero-order chi connectivity index (χ0) is 19.7. The summed E-state index contributed by atoms with van der Waals surface area (Å²) in [5, 5.41) is 8.54. The fraction of sp³-hybridized carbons (Fsp3) is 0.143. The predicted molar refractivity (Wildman–Crippen MR) is 107 cm³/mol. The van der Waals surface area contributed by atoms with Crippen LogP contribution in [0.2, 0.25) is 0 Å². The van der Waals surface area contributed by atoms with Gasteiger partial charge >= 0.3 is 0 Å². The number of carbonyl (C=O) groups is 1. The molecule has 2 aromatic carbocycles. The molecule has 7 nitrogen and oxygen atoms in total. The van der Waals surface area contributed by atoms with Crippen molar-refractivity contribution in [2.45, 2.75) is 13.5 Å². The second-order valence-electron chi connectivity index (χ2n) is 6.61. The van der Waals surface area contributed by atoms with Gasteiger partial charge in [-0.25, -0.2) is 4.98 Å². The zero-order valence-electron chi connectivity index (χ0n) is 15.6. The van der Waals surface area contributed by atoms with Gasteiger partial charge in [0.2, 0.25) is 0 Å². The maximum atomic E-state index is 12.6. The summed E-state index contributed by atoms with van der Waals surface area (Å²) >= 11 is 0. The Labute approximate surface area is 161 Å². The van der Waals surface area contributed by atoms with E-state index in [9.17, 15) is 9.59 Å². The predicted octanol–water partition coefficient (Wildman–Crippen LogP) is 2.56. The highest BCUT2D eigenvalue weighted by atomic mass is 16.1. The number of rotatable bonds is 4. The van der Waals surface area contributed by atoms with Crippen LogP contribution in [0.1, 0.15) is 21.6 Å². The summed E-state index contributed by atoms with van der Waals surface area (Å²) in [6, 6.07) is 14.8. The topological polar surface area (TPSA) is 92.7 Å². The van der Waals surface area contributed by atoms with Gasteiger partial charge in [0.25, 0.3) is 11.5 Å². The summed E-state index contributed by atoms with van der Waals surface area (Å²) in [4.78, 5) is 30.4. The van der Waals surface area contributed by atoms with E-state index in [0.29, 0.717) is 11.3 Å². The molecule has 0 atom stereocenters. The normalized spacial score (nSPS) is 10.9. The highest BCUT2D eigenvalue weighted by Crippen LogP contribution is 2.30. The van der Waals surface area contributed by atoms with E-state index >= 15 is 0 Å². The number of fused-ring (bicyclic) bond motifs is 1. The molecule has 1 amide bonds. The Bertz CT molecular complexity index is 1240. The van der Waals surface area contributed by atoms with Gasteiger partial charge in [-0.15, -0.1) is 0 Å². The Morgan fingerprint density at radius 3 is 2.82 bits per heavy atom. The number of aromatic amines is 1. The molecule has 0 fully saturated rings. The van der Waals surface area contributed by atoms with Crippen molar-refractivity contribution in [3.63, 3.8) is 0 Å². The third-order valence-electron chi connectivity index (χ3n) is 4.65. The number of aryl methyl sites for hydroxylation is 2. The molecule has 0 aliphatic carbocycles. The summed E-state index contributed by atoms with van der Waals surface area (Å²) in [6.07, 6.45) is 1.32. The van der Waals surface area contributed by atoms with Crippen LogP contribution in [0, 0.1) is 6.92 Å². The van der Waals surface area contributed by atoms with Crippen LogP contribution in [0.4, 0.5) is 0 Å². The highest BCUT2D eigenvalue weighted by molar-refractivity contribution is 5.99. The summed E-state index contributed by atoms with van der Waals surface area (Å²) in [7, 11) is 1.91. The minimum absolute atomic E-state index is 0.179.